The van der Waals surface area contributed by atoms with Crippen molar-refractivity contribution in [2.45, 2.75) is 26.0 Å². The number of nitriles is 1. The Bertz CT molecular complexity index is 954. The van der Waals surface area contributed by atoms with Crippen molar-refractivity contribution < 1.29 is 14.6 Å². The predicted molar refractivity (Wildman–Crippen MR) is 114 cm³/mol. The molecule has 1 N–H and O–H groups in total. The molecule has 3 atom stereocenters. The molecule has 30 heavy (non-hydrogen) atoms. The first-order valence-corrected chi connectivity index (χ1v) is 10.1. The zero-order chi connectivity index (χ0) is 21.8. The maximum absolute atomic E-state index is 13.4. The molecule has 0 fully saturated rings. The van der Waals surface area contributed by atoms with Crippen molar-refractivity contribution in [3.63, 3.8) is 0 Å². The van der Waals surface area contributed by atoms with Crippen molar-refractivity contribution in [3.05, 3.63) is 47.7 Å². The predicted octanol–water partition coefficient (Wildman–Crippen LogP) is 2.40. The molecule has 2 aromatic rings. The summed E-state index contributed by atoms with van der Waals surface area (Å²) in [6.45, 7) is 4.92. The fourth-order valence-electron chi connectivity index (χ4n) is 3.61. The number of nitrogens with zero attached hydrogens (tertiary/aromatic N) is 4. The number of hydrogen-bond donors (Lipinski definition) is 1. The molecule has 0 bridgehead atoms. The van der Waals surface area contributed by atoms with Crippen molar-refractivity contribution in [3.8, 4) is 23.1 Å². The number of carbonyl (C=O) groups is 1. The molecule has 0 spiro atoms. The molecular weight excluding hydrogens is 380 g/mol. The minimum absolute atomic E-state index is 0.0623. The van der Waals surface area contributed by atoms with E-state index in [0.717, 1.165) is 11.1 Å². The molecule has 158 valence electrons. The molecule has 1 amide bonds. The van der Waals surface area contributed by atoms with Gasteiger partial charge in [0.05, 0.1) is 24.3 Å². The topological polar surface area (TPSA) is 89.7 Å². The molecule has 1 aromatic carbocycles. The number of carbonyl (C=O) groups excluding carboxylic acids is 1. The Morgan fingerprint density at radius 3 is 2.80 bits per heavy atom. The van der Waals surface area contributed by atoms with Crippen LogP contribution in [0.5, 0.6) is 5.88 Å². The SMILES string of the molecule is C[C@H]1CN([C@@H](C)CO)C(=O)c2cc(-c3cccc(C#N)c3)cnc2O[C@H]1CN(C)C. The zero-order valence-corrected chi connectivity index (χ0v) is 17.9. The van der Waals surface area contributed by atoms with Crippen molar-refractivity contribution in [2.24, 2.45) is 5.92 Å². The first kappa shape index (κ1) is 21.8. The maximum Gasteiger partial charge on any atom is 0.259 e. The average molecular weight is 409 g/mol. The molecular formula is C23H28N4O3. The van der Waals surface area contributed by atoms with E-state index in [4.69, 9.17) is 4.74 Å². The van der Waals surface area contributed by atoms with Crippen LogP contribution in [0.15, 0.2) is 36.5 Å². The van der Waals surface area contributed by atoms with Crippen molar-refractivity contribution >= 4 is 5.91 Å². The van der Waals surface area contributed by atoms with E-state index in [1.54, 1.807) is 35.4 Å². The number of benzene rings is 1. The number of aromatic nitrogens is 1. The maximum atomic E-state index is 13.4. The van der Waals surface area contributed by atoms with Gasteiger partial charge >= 0.3 is 0 Å². The molecule has 0 aliphatic carbocycles. The third kappa shape index (κ3) is 4.61. The third-order valence-corrected chi connectivity index (χ3v) is 5.39. The van der Waals surface area contributed by atoms with E-state index in [0.29, 0.717) is 30.1 Å². The summed E-state index contributed by atoms with van der Waals surface area (Å²) in [6.07, 6.45) is 1.52. The molecule has 1 aliphatic heterocycles. The third-order valence-electron chi connectivity index (χ3n) is 5.39. The summed E-state index contributed by atoms with van der Waals surface area (Å²) in [5.41, 5.74) is 2.44. The van der Waals surface area contributed by atoms with E-state index in [1.165, 1.54) is 0 Å². The molecule has 7 nitrogen and oxygen atoms in total. The summed E-state index contributed by atoms with van der Waals surface area (Å²) >= 11 is 0. The molecule has 2 heterocycles. The van der Waals surface area contributed by atoms with Crippen LogP contribution in [0, 0.1) is 17.2 Å². The van der Waals surface area contributed by atoms with Crippen LogP contribution in [-0.4, -0.2) is 71.7 Å². The Morgan fingerprint density at radius 1 is 1.37 bits per heavy atom. The highest BCUT2D eigenvalue weighted by atomic mass is 16.5. The largest absolute Gasteiger partial charge is 0.472 e. The van der Waals surface area contributed by atoms with Gasteiger partial charge in [0, 0.05) is 30.8 Å². The summed E-state index contributed by atoms with van der Waals surface area (Å²) in [4.78, 5) is 21.6. The van der Waals surface area contributed by atoms with Gasteiger partial charge in [-0.15, -0.1) is 0 Å². The molecule has 1 aromatic heterocycles. The number of amides is 1. The second kappa shape index (κ2) is 9.24. The Labute approximate surface area is 177 Å². The number of rotatable bonds is 5. The van der Waals surface area contributed by atoms with Gasteiger partial charge in [0.25, 0.3) is 5.91 Å². The lowest BCUT2D eigenvalue weighted by atomic mass is 9.99. The van der Waals surface area contributed by atoms with E-state index in [2.05, 4.69) is 11.1 Å². The summed E-state index contributed by atoms with van der Waals surface area (Å²) < 4.78 is 6.21. The summed E-state index contributed by atoms with van der Waals surface area (Å²) in [5, 5.41) is 18.9. The van der Waals surface area contributed by atoms with Gasteiger partial charge in [-0.2, -0.15) is 5.26 Å². The zero-order valence-electron chi connectivity index (χ0n) is 17.9. The number of hydrogen-bond acceptors (Lipinski definition) is 6. The van der Waals surface area contributed by atoms with E-state index in [-0.39, 0.29) is 30.6 Å². The van der Waals surface area contributed by atoms with E-state index in [9.17, 15) is 15.2 Å². The molecule has 0 radical (unpaired) electrons. The molecule has 1 aliphatic rings. The van der Waals surface area contributed by atoms with E-state index in [1.807, 2.05) is 38.9 Å². The monoisotopic (exact) mass is 408 g/mol. The lowest BCUT2D eigenvalue weighted by Crippen LogP contribution is -2.49. The van der Waals surface area contributed by atoms with Crippen LogP contribution in [-0.2, 0) is 0 Å². The van der Waals surface area contributed by atoms with Crippen LogP contribution >= 0.6 is 0 Å². The summed E-state index contributed by atoms with van der Waals surface area (Å²) in [6, 6.07) is 10.8. The van der Waals surface area contributed by atoms with Crippen LogP contribution in [0.2, 0.25) is 0 Å². The van der Waals surface area contributed by atoms with Gasteiger partial charge < -0.3 is 19.6 Å². The van der Waals surface area contributed by atoms with Gasteiger partial charge in [-0.25, -0.2) is 4.98 Å². The van der Waals surface area contributed by atoms with E-state index < -0.39 is 0 Å². The second-order valence-corrected chi connectivity index (χ2v) is 8.15. The van der Waals surface area contributed by atoms with E-state index >= 15 is 0 Å². The van der Waals surface area contributed by atoms with Gasteiger partial charge in [0.15, 0.2) is 0 Å². The lowest BCUT2D eigenvalue weighted by Gasteiger charge is -2.37. The van der Waals surface area contributed by atoms with Crippen LogP contribution in [0.4, 0.5) is 0 Å². The Balaban J connectivity index is 2.08. The smallest absolute Gasteiger partial charge is 0.259 e. The first-order valence-electron chi connectivity index (χ1n) is 10.1. The Hall–Kier alpha value is -2.95. The summed E-state index contributed by atoms with van der Waals surface area (Å²) in [5.74, 6) is 0.147. The standard InChI is InChI=1S/C23H28N4O3/c1-15-12-27(16(2)14-28)23(29)20-9-19(18-7-5-6-17(8-18)10-24)11-25-22(20)30-21(15)13-26(3)4/h5-9,11,15-16,21,28H,12-14H2,1-4H3/t15-,16-,21-/m0/s1. The Morgan fingerprint density at radius 2 is 2.13 bits per heavy atom. The highest BCUT2D eigenvalue weighted by Gasteiger charge is 2.34. The quantitative estimate of drug-likeness (QED) is 0.817. The summed E-state index contributed by atoms with van der Waals surface area (Å²) in [7, 11) is 3.96. The molecule has 0 unspecified atom stereocenters. The highest BCUT2D eigenvalue weighted by Crippen LogP contribution is 2.30. The fourth-order valence-corrected chi connectivity index (χ4v) is 3.61. The van der Waals surface area contributed by atoms with Gasteiger partial charge in [-0.05, 0) is 44.8 Å². The van der Waals surface area contributed by atoms with Crippen LogP contribution in [0.3, 0.4) is 0 Å². The fraction of sp³-hybridized carbons (Fsp3) is 0.435. The molecule has 0 saturated carbocycles. The highest BCUT2D eigenvalue weighted by molar-refractivity contribution is 5.98. The van der Waals surface area contributed by atoms with Gasteiger partial charge in [0.1, 0.15) is 11.7 Å². The number of aliphatic hydroxyl groups is 1. The number of likely N-dealkylation sites (N-methyl/N-ethyl adjacent to an activating group) is 1. The minimum atomic E-state index is -0.323. The molecule has 7 heteroatoms. The second-order valence-electron chi connectivity index (χ2n) is 8.15. The van der Waals surface area contributed by atoms with Crippen LogP contribution in [0.1, 0.15) is 29.8 Å². The van der Waals surface area contributed by atoms with Crippen molar-refractivity contribution in [1.29, 1.82) is 5.26 Å². The first-order chi connectivity index (χ1) is 14.3. The van der Waals surface area contributed by atoms with Gasteiger partial charge in [-0.1, -0.05) is 19.1 Å². The van der Waals surface area contributed by atoms with Crippen molar-refractivity contribution in [2.75, 3.05) is 33.8 Å². The molecule has 3 rings (SSSR count). The minimum Gasteiger partial charge on any atom is -0.472 e. The van der Waals surface area contributed by atoms with Crippen molar-refractivity contribution in [1.82, 2.24) is 14.8 Å². The van der Waals surface area contributed by atoms with Gasteiger partial charge in [0.2, 0.25) is 5.88 Å². The molecule has 0 saturated heterocycles. The number of aliphatic hydroxyl groups excluding tert-OH is 1. The normalized spacial score (nSPS) is 20.0. The Kier molecular flexibility index (Phi) is 6.70. The number of fused-ring (bicyclic) bond motifs is 1. The van der Waals surface area contributed by atoms with Gasteiger partial charge in [-0.3, -0.25) is 4.79 Å². The number of ether oxygens (including phenoxy) is 1. The number of pyridine rings is 1. The van der Waals surface area contributed by atoms with Crippen LogP contribution in [0.25, 0.3) is 11.1 Å². The van der Waals surface area contributed by atoms with Crippen LogP contribution < -0.4 is 4.74 Å². The average Bonchev–Trinajstić information content (AvgIpc) is 2.75. The lowest BCUT2D eigenvalue weighted by molar-refractivity contribution is 0.0348.